The van der Waals surface area contributed by atoms with Crippen LogP contribution in [0.25, 0.3) is 0 Å². The average Bonchev–Trinajstić information content (AvgIpc) is 2.38. The molecule has 2 heteroatoms. The zero-order valence-corrected chi connectivity index (χ0v) is 11.3. The normalized spacial score (nSPS) is 22.6. The summed E-state index contributed by atoms with van der Waals surface area (Å²) in [6.07, 6.45) is 4.21. The second-order valence-corrected chi connectivity index (χ2v) is 5.37. The highest BCUT2D eigenvalue weighted by atomic mass is 16.5. The van der Waals surface area contributed by atoms with Crippen molar-refractivity contribution >= 4 is 0 Å². The third kappa shape index (κ3) is 2.57. The molecule has 96 valence electrons. The predicted molar refractivity (Wildman–Crippen MR) is 72.4 cm³/mol. The Kier molecular flexibility index (Phi) is 4.04. The number of nitrogens with zero attached hydrogens (tertiary/aromatic N) is 1. The van der Waals surface area contributed by atoms with Crippen molar-refractivity contribution in [3.8, 4) is 6.07 Å². The van der Waals surface area contributed by atoms with Gasteiger partial charge in [-0.05, 0) is 50.7 Å². The molecule has 0 saturated heterocycles. The molecule has 0 saturated carbocycles. The highest BCUT2D eigenvalue weighted by Gasteiger charge is 2.36. The summed E-state index contributed by atoms with van der Waals surface area (Å²) in [5, 5.41) is 9.65. The van der Waals surface area contributed by atoms with Gasteiger partial charge in [0.05, 0.1) is 17.6 Å². The van der Waals surface area contributed by atoms with Gasteiger partial charge in [-0.15, -0.1) is 0 Å². The molecule has 2 nitrogen and oxygen atoms in total. The third-order valence-electron chi connectivity index (χ3n) is 3.78. The molecular formula is C16H21NO. The molecule has 0 amide bonds. The summed E-state index contributed by atoms with van der Waals surface area (Å²) in [6, 6.07) is 10.9. The van der Waals surface area contributed by atoms with Crippen LogP contribution >= 0.6 is 0 Å². The van der Waals surface area contributed by atoms with Gasteiger partial charge in [-0.2, -0.15) is 5.26 Å². The van der Waals surface area contributed by atoms with Gasteiger partial charge in [0.25, 0.3) is 0 Å². The topological polar surface area (TPSA) is 33.0 Å². The molecule has 0 radical (unpaired) electrons. The molecule has 0 fully saturated rings. The molecule has 0 N–H and O–H groups in total. The number of hydrogen-bond acceptors (Lipinski definition) is 2. The smallest absolute Gasteiger partial charge is 0.0847 e. The maximum Gasteiger partial charge on any atom is 0.0847 e. The molecule has 0 spiro atoms. The zero-order valence-electron chi connectivity index (χ0n) is 11.3. The first kappa shape index (κ1) is 13.1. The molecule has 0 heterocycles. The standard InChI is InChI=1S/C16H21NO/c1-13(2)18-11-10-16(12-17)9-5-7-14-6-3-4-8-15(14)16/h3-4,6,8,13H,5,7,9-11H2,1-2H3. The fourth-order valence-corrected chi connectivity index (χ4v) is 2.82. The maximum absolute atomic E-state index is 9.65. The first-order chi connectivity index (χ1) is 8.68. The van der Waals surface area contributed by atoms with Crippen LogP contribution < -0.4 is 0 Å². The Bertz CT molecular complexity index is 447. The van der Waals surface area contributed by atoms with Crippen molar-refractivity contribution in [3.05, 3.63) is 35.4 Å². The van der Waals surface area contributed by atoms with E-state index in [4.69, 9.17) is 4.74 Å². The van der Waals surface area contributed by atoms with Gasteiger partial charge in [0.15, 0.2) is 0 Å². The van der Waals surface area contributed by atoms with Gasteiger partial charge < -0.3 is 4.74 Å². The summed E-state index contributed by atoms with van der Waals surface area (Å²) in [7, 11) is 0. The number of nitriles is 1. The summed E-state index contributed by atoms with van der Waals surface area (Å²) in [4.78, 5) is 0. The number of ether oxygens (including phenoxy) is 1. The van der Waals surface area contributed by atoms with E-state index in [2.05, 4.69) is 24.3 Å². The summed E-state index contributed by atoms with van der Waals surface area (Å²) in [5.41, 5.74) is 2.24. The van der Waals surface area contributed by atoms with E-state index in [1.807, 2.05) is 19.9 Å². The van der Waals surface area contributed by atoms with Crippen molar-refractivity contribution in [3.63, 3.8) is 0 Å². The summed E-state index contributed by atoms with van der Waals surface area (Å²) in [5.74, 6) is 0. The minimum atomic E-state index is -0.330. The van der Waals surface area contributed by atoms with E-state index in [0.29, 0.717) is 6.61 Å². The summed E-state index contributed by atoms with van der Waals surface area (Å²) >= 11 is 0. The largest absolute Gasteiger partial charge is 0.379 e. The first-order valence-electron chi connectivity index (χ1n) is 6.79. The maximum atomic E-state index is 9.65. The Labute approximate surface area is 110 Å². The van der Waals surface area contributed by atoms with Crippen LogP contribution in [-0.2, 0) is 16.6 Å². The summed E-state index contributed by atoms with van der Waals surface area (Å²) in [6.45, 7) is 4.74. The van der Waals surface area contributed by atoms with Crippen LogP contribution in [0.3, 0.4) is 0 Å². The van der Waals surface area contributed by atoms with Gasteiger partial charge in [-0.1, -0.05) is 24.3 Å². The molecule has 1 unspecified atom stereocenters. The molecule has 1 atom stereocenters. The van der Waals surface area contributed by atoms with E-state index < -0.39 is 0 Å². The van der Waals surface area contributed by atoms with E-state index in [1.54, 1.807) is 0 Å². The van der Waals surface area contributed by atoms with Crippen molar-refractivity contribution in [2.45, 2.75) is 51.0 Å². The molecule has 2 rings (SSSR count). The molecule has 0 aliphatic heterocycles. The second-order valence-electron chi connectivity index (χ2n) is 5.37. The van der Waals surface area contributed by atoms with E-state index in [0.717, 1.165) is 25.7 Å². The molecule has 0 aromatic heterocycles. The van der Waals surface area contributed by atoms with Crippen molar-refractivity contribution in [1.29, 1.82) is 5.26 Å². The van der Waals surface area contributed by atoms with Crippen LogP contribution in [0.2, 0.25) is 0 Å². The minimum absolute atomic E-state index is 0.236. The second kappa shape index (κ2) is 5.54. The highest BCUT2D eigenvalue weighted by molar-refractivity contribution is 5.41. The molecular weight excluding hydrogens is 222 g/mol. The third-order valence-corrected chi connectivity index (χ3v) is 3.78. The first-order valence-corrected chi connectivity index (χ1v) is 6.79. The van der Waals surface area contributed by atoms with E-state index in [-0.39, 0.29) is 11.5 Å². The van der Waals surface area contributed by atoms with Crippen molar-refractivity contribution in [2.75, 3.05) is 6.61 Å². The Morgan fingerprint density at radius 1 is 1.39 bits per heavy atom. The lowest BCUT2D eigenvalue weighted by molar-refractivity contribution is 0.0672. The van der Waals surface area contributed by atoms with Crippen molar-refractivity contribution in [1.82, 2.24) is 0 Å². The lowest BCUT2D eigenvalue weighted by Crippen LogP contribution is -2.31. The van der Waals surface area contributed by atoms with Crippen LogP contribution in [0.15, 0.2) is 24.3 Å². The Morgan fingerprint density at radius 2 is 2.17 bits per heavy atom. The van der Waals surface area contributed by atoms with Crippen molar-refractivity contribution < 1.29 is 4.74 Å². The Hall–Kier alpha value is -1.33. The van der Waals surface area contributed by atoms with Gasteiger partial charge in [0, 0.05) is 6.61 Å². The van der Waals surface area contributed by atoms with E-state index in [1.165, 1.54) is 11.1 Å². The van der Waals surface area contributed by atoms with Gasteiger partial charge in [0.1, 0.15) is 0 Å². The Balaban J connectivity index is 2.21. The SMILES string of the molecule is CC(C)OCCC1(C#N)CCCc2ccccc21. The predicted octanol–water partition coefficient (Wildman–Crippen LogP) is 3.60. The zero-order chi connectivity index (χ0) is 13.0. The molecule has 1 aromatic rings. The Morgan fingerprint density at radius 3 is 2.89 bits per heavy atom. The monoisotopic (exact) mass is 243 g/mol. The lowest BCUT2D eigenvalue weighted by atomic mass is 9.69. The van der Waals surface area contributed by atoms with E-state index in [9.17, 15) is 5.26 Å². The molecule has 18 heavy (non-hydrogen) atoms. The molecule has 0 bridgehead atoms. The highest BCUT2D eigenvalue weighted by Crippen LogP contribution is 2.39. The quantitative estimate of drug-likeness (QED) is 0.809. The number of benzene rings is 1. The fraction of sp³-hybridized carbons (Fsp3) is 0.562. The molecule has 1 aromatic carbocycles. The van der Waals surface area contributed by atoms with Crippen LogP contribution in [-0.4, -0.2) is 12.7 Å². The van der Waals surface area contributed by atoms with Gasteiger partial charge in [-0.3, -0.25) is 0 Å². The number of aryl methyl sites for hydroxylation is 1. The minimum Gasteiger partial charge on any atom is -0.379 e. The number of hydrogen-bond donors (Lipinski definition) is 0. The number of fused-ring (bicyclic) bond motifs is 1. The van der Waals surface area contributed by atoms with Crippen LogP contribution in [0.4, 0.5) is 0 Å². The van der Waals surface area contributed by atoms with Crippen LogP contribution in [0, 0.1) is 11.3 Å². The molecule has 1 aliphatic rings. The summed E-state index contributed by atoms with van der Waals surface area (Å²) < 4.78 is 5.64. The number of rotatable bonds is 4. The molecule has 1 aliphatic carbocycles. The lowest BCUT2D eigenvalue weighted by Gasteiger charge is -2.33. The average molecular weight is 243 g/mol. The van der Waals surface area contributed by atoms with Gasteiger partial charge >= 0.3 is 0 Å². The van der Waals surface area contributed by atoms with Gasteiger partial charge in [0.2, 0.25) is 0 Å². The van der Waals surface area contributed by atoms with Gasteiger partial charge in [-0.25, -0.2) is 0 Å². The van der Waals surface area contributed by atoms with Crippen LogP contribution in [0.1, 0.15) is 44.2 Å². The van der Waals surface area contributed by atoms with E-state index >= 15 is 0 Å². The fourth-order valence-electron chi connectivity index (χ4n) is 2.82. The van der Waals surface area contributed by atoms with Crippen LogP contribution in [0.5, 0.6) is 0 Å². The van der Waals surface area contributed by atoms with Crippen molar-refractivity contribution in [2.24, 2.45) is 0 Å².